The minimum absolute atomic E-state index is 0.0795. The van der Waals surface area contributed by atoms with Gasteiger partial charge in [0.2, 0.25) is 5.91 Å². The highest BCUT2D eigenvalue weighted by atomic mass is 19.1. The predicted octanol–water partition coefficient (Wildman–Crippen LogP) is 6.02. The summed E-state index contributed by atoms with van der Waals surface area (Å²) in [6.07, 6.45) is 3.71. The minimum atomic E-state index is -0.837. The molecule has 1 saturated carbocycles. The molecule has 7 nitrogen and oxygen atoms in total. The van der Waals surface area contributed by atoms with Crippen molar-refractivity contribution in [3.8, 4) is 0 Å². The number of amides is 2. The van der Waals surface area contributed by atoms with E-state index in [1.165, 1.54) is 6.07 Å². The largest absolute Gasteiger partial charge is 0.460 e. The van der Waals surface area contributed by atoms with Crippen molar-refractivity contribution in [1.82, 2.24) is 4.90 Å². The number of ether oxygens (including phenoxy) is 2. The highest BCUT2D eigenvalue weighted by molar-refractivity contribution is 5.99. The topological polar surface area (TPSA) is 84.9 Å². The average Bonchev–Trinajstić information content (AvgIpc) is 3.18. The fraction of sp³-hybridized carbons (Fsp3) is 0.559. The number of benzene rings is 2. The van der Waals surface area contributed by atoms with Crippen LogP contribution in [0, 0.1) is 17.7 Å². The zero-order valence-electron chi connectivity index (χ0n) is 25.6. The van der Waals surface area contributed by atoms with E-state index in [1.54, 1.807) is 12.0 Å². The molecule has 1 N–H and O–H groups in total. The van der Waals surface area contributed by atoms with Gasteiger partial charge in [0.15, 0.2) is 0 Å². The van der Waals surface area contributed by atoms with Gasteiger partial charge in [-0.3, -0.25) is 14.4 Å². The third-order valence-electron chi connectivity index (χ3n) is 8.87. The van der Waals surface area contributed by atoms with Gasteiger partial charge in [-0.2, -0.15) is 0 Å². The highest BCUT2D eigenvalue weighted by Crippen LogP contribution is 2.43. The van der Waals surface area contributed by atoms with Crippen LogP contribution >= 0.6 is 0 Å². The first-order chi connectivity index (χ1) is 19.8. The Labute approximate surface area is 248 Å². The Morgan fingerprint density at radius 3 is 2.50 bits per heavy atom. The molecule has 8 heteroatoms. The molecule has 1 fully saturated rings. The summed E-state index contributed by atoms with van der Waals surface area (Å²) in [5.41, 5.74) is 4.05. The third kappa shape index (κ3) is 6.24. The Bertz CT molecular complexity index is 1390. The van der Waals surface area contributed by atoms with Crippen LogP contribution in [-0.4, -0.2) is 41.9 Å². The zero-order chi connectivity index (χ0) is 30.4. The zero-order valence-corrected chi connectivity index (χ0v) is 25.6. The maximum atomic E-state index is 15.2. The van der Waals surface area contributed by atoms with Crippen molar-refractivity contribution in [2.45, 2.75) is 96.8 Å². The molecule has 5 rings (SSSR count). The van der Waals surface area contributed by atoms with Gasteiger partial charge in [0.25, 0.3) is 5.91 Å². The Hall–Kier alpha value is -3.26. The van der Waals surface area contributed by atoms with Crippen molar-refractivity contribution in [2.75, 3.05) is 19.0 Å². The Kier molecular flexibility index (Phi) is 8.23. The Morgan fingerprint density at radius 2 is 1.81 bits per heavy atom. The van der Waals surface area contributed by atoms with E-state index in [0.29, 0.717) is 38.1 Å². The fourth-order valence-corrected chi connectivity index (χ4v) is 6.89. The monoisotopic (exact) mass is 578 g/mol. The van der Waals surface area contributed by atoms with Gasteiger partial charge >= 0.3 is 5.97 Å². The van der Waals surface area contributed by atoms with Crippen molar-refractivity contribution in [1.29, 1.82) is 0 Å². The number of carbonyl (C=O) groups is 3. The van der Waals surface area contributed by atoms with Gasteiger partial charge in [-0.25, -0.2) is 4.39 Å². The molecule has 226 valence electrons. The van der Waals surface area contributed by atoms with Crippen LogP contribution in [-0.2, 0) is 48.7 Å². The first kappa shape index (κ1) is 30.2. The van der Waals surface area contributed by atoms with Crippen molar-refractivity contribution < 1.29 is 28.2 Å². The van der Waals surface area contributed by atoms with Crippen LogP contribution in [0.15, 0.2) is 30.3 Å². The molecule has 0 bridgehead atoms. The second-order valence-electron chi connectivity index (χ2n) is 13.8. The molecule has 0 spiro atoms. The van der Waals surface area contributed by atoms with Crippen LogP contribution in [0.25, 0.3) is 0 Å². The van der Waals surface area contributed by atoms with Gasteiger partial charge in [-0.15, -0.1) is 0 Å². The molecule has 3 aliphatic rings. The van der Waals surface area contributed by atoms with E-state index in [9.17, 15) is 14.4 Å². The molecule has 1 aliphatic heterocycles. The number of esters is 1. The summed E-state index contributed by atoms with van der Waals surface area (Å²) in [4.78, 5) is 41.7. The summed E-state index contributed by atoms with van der Waals surface area (Å²) >= 11 is 0. The summed E-state index contributed by atoms with van der Waals surface area (Å²) in [6, 6.07) is 8.30. The number of halogens is 1. The van der Waals surface area contributed by atoms with E-state index < -0.39 is 11.6 Å². The summed E-state index contributed by atoms with van der Waals surface area (Å²) in [5.74, 6) is -1.15. The van der Waals surface area contributed by atoms with Crippen LogP contribution < -0.4 is 5.32 Å². The minimum Gasteiger partial charge on any atom is -0.460 e. The molecular weight excluding hydrogens is 535 g/mol. The van der Waals surface area contributed by atoms with Crippen LogP contribution in [0.4, 0.5) is 10.1 Å². The number of carbonyl (C=O) groups excluding carboxylic acids is 3. The van der Waals surface area contributed by atoms with E-state index in [4.69, 9.17) is 9.47 Å². The van der Waals surface area contributed by atoms with Gasteiger partial charge in [-0.1, -0.05) is 32.0 Å². The molecule has 42 heavy (non-hydrogen) atoms. The maximum Gasteiger partial charge on any atom is 0.306 e. The average molecular weight is 579 g/mol. The van der Waals surface area contributed by atoms with E-state index in [-0.39, 0.29) is 47.3 Å². The summed E-state index contributed by atoms with van der Waals surface area (Å²) in [6.45, 7) is 10.5. The molecule has 2 amide bonds. The predicted molar refractivity (Wildman–Crippen MR) is 158 cm³/mol. The second-order valence-corrected chi connectivity index (χ2v) is 13.8. The third-order valence-corrected chi connectivity index (χ3v) is 8.87. The Balaban J connectivity index is 1.36. The molecule has 2 aliphatic carbocycles. The second kappa shape index (κ2) is 11.4. The standard InChI is InChI=1S/C34H43FN2O5/c1-33(2,3)42-28(38)16-21-14-24(15-21)32(40)37-12-10-22-13-20(19-41-6)7-8-26(22)30(37)31(39)36-25-17-23-9-11-34(4,5)29(23)27(35)18-25/h7-8,13,17-18,21,24,30H,9-12,14-16,19H2,1-6H3,(H,36,39)/t21?,24?,30-/m1/s1. The van der Waals surface area contributed by atoms with E-state index >= 15 is 4.39 Å². The number of hydrogen-bond donors (Lipinski definition) is 1. The number of fused-ring (bicyclic) bond motifs is 2. The molecule has 2 aromatic carbocycles. The first-order valence-electron chi connectivity index (χ1n) is 15.0. The number of nitrogens with zero attached hydrogens (tertiary/aromatic N) is 1. The molecule has 2 aromatic rings. The lowest BCUT2D eigenvalue weighted by Gasteiger charge is -2.42. The molecule has 0 unspecified atom stereocenters. The number of hydrogen-bond acceptors (Lipinski definition) is 5. The lowest BCUT2D eigenvalue weighted by atomic mass is 9.72. The smallest absolute Gasteiger partial charge is 0.306 e. The molecule has 0 saturated heterocycles. The van der Waals surface area contributed by atoms with Gasteiger partial charge in [0.05, 0.1) is 6.61 Å². The van der Waals surface area contributed by atoms with Gasteiger partial charge in [-0.05, 0) is 104 Å². The number of rotatable bonds is 7. The van der Waals surface area contributed by atoms with Crippen molar-refractivity contribution in [2.24, 2.45) is 11.8 Å². The van der Waals surface area contributed by atoms with Gasteiger partial charge in [0.1, 0.15) is 17.5 Å². The highest BCUT2D eigenvalue weighted by Gasteiger charge is 2.44. The molecule has 1 atom stereocenters. The lowest BCUT2D eigenvalue weighted by Crippen LogP contribution is -2.50. The molecule has 0 aromatic heterocycles. The first-order valence-corrected chi connectivity index (χ1v) is 15.0. The quantitative estimate of drug-likeness (QED) is 0.407. The van der Waals surface area contributed by atoms with Crippen LogP contribution in [0.1, 0.15) is 94.2 Å². The van der Waals surface area contributed by atoms with E-state index in [1.807, 2.05) is 58.9 Å². The normalized spacial score (nSPS) is 22.5. The summed E-state index contributed by atoms with van der Waals surface area (Å²) in [7, 11) is 1.64. The Morgan fingerprint density at radius 1 is 1.07 bits per heavy atom. The molecule has 0 radical (unpaired) electrons. The lowest BCUT2D eigenvalue weighted by molar-refractivity contribution is -0.159. The van der Waals surface area contributed by atoms with Crippen LogP contribution in [0.3, 0.4) is 0 Å². The van der Waals surface area contributed by atoms with Crippen molar-refractivity contribution in [3.05, 3.63) is 64.0 Å². The molecular formula is C34H43FN2O5. The number of nitrogens with one attached hydrogen (secondary N) is 1. The van der Waals surface area contributed by atoms with Crippen molar-refractivity contribution in [3.63, 3.8) is 0 Å². The van der Waals surface area contributed by atoms with E-state index in [2.05, 4.69) is 5.32 Å². The number of methoxy groups -OCH3 is 1. The van der Waals surface area contributed by atoms with Crippen LogP contribution in [0.2, 0.25) is 0 Å². The number of aryl methyl sites for hydroxylation is 1. The number of anilines is 1. The van der Waals surface area contributed by atoms with Gasteiger partial charge in [0, 0.05) is 31.7 Å². The summed E-state index contributed by atoms with van der Waals surface area (Å²) < 4.78 is 26.0. The van der Waals surface area contributed by atoms with E-state index in [0.717, 1.165) is 40.7 Å². The maximum absolute atomic E-state index is 15.2. The SMILES string of the molecule is COCc1ccc2c(c1)CCN(C(=O)C1CC(CC(=O)OC(C)(C)C)C1)[C@H]2C(=O)Nc1cc(F)c2c(c1)CCC2(C)C. The van der Waals surface area contributed by atoms with Crippen LogP contribution in [0.5, 0.6) is 0 Å². The fourth-order valence-electron chi connectivity index (χ4n) is 6.89. The summed E-state index contributed by atoms with van der Waals surface area (Å²) in [5, 5.41) is 2.95. The van der Waals surface area contributed by atoms with Gasteiger partial charge < -0.3 is 19.7 Å². The van der Waals surface area contributed by atoms with Crippen molar-refractivity contribution >= 4 is 23.5 Å². The molecule has 1 heterocycles.